The molecule has 4 nitrogen and oxygen atoms in total. The molecule has 0 N–H and O–H groups in total. The third-order valence-corrected chi connectivity index (χ3v) is 4.23. The number of hydrogen-bond donors (Lipinski definition) is 0. The largest absolute Gasteiger partial charge is 0.340 e. The Bertz CT molecular complexity index is 452. The van der Waals surface area contributed by atoms with Crippen LogP contribution in [0.5, 0.6) is 0 Å². The van der Waals surface area contributed by atoms with E-state index < -0.39 is 0 Å². The van der Waals surface area contributed by atoms with Gasteiger partial charge in [-0.2, -0.15) is 5.10 Å². The first-order valence-electron chi connectivity index (χ1n) is 7.27. The Balaban J connectivity index is 1.64. The minimum Gasteiger partial charge on any atom is -0.340 e. The zero-order chi connectivity index (χ0) is 13.1. The maximum absolute atomic E-state index is 12.5. The number of allylic oxidation sites excluding steroid dienone is 2. The molecule has 1 aliphatic carbocycles. The summed E-state index contributed by atoms with van der Waals surface area (Å²) in [6.45, 7) is 1.73. The molecule has 4 heteroatoms. The summed E-state index contributed by atoms with van der Waals surface area (Å²) >= 11 is 0. The Kier molecular flexibility index (Phi) is 3.67. The van der Waals surface area contributed by atoms with Gasteiger partial charge in [-0.25, -0.2) is 0 Å². The molecule has 2 heterocycles. The minimum atomic E-state index is 0.210. The van der Waals surface area contributed by atoms with Crippen molar-refractivity contribution in [3.8, 4) is 0 Å². The fourth-order valence-corrected chi connectivity index (χ4v) is 3.14. The van der Waals surface area contributed by atoms with Crippen molar-refractivity contribution in [2.24, 2.45) is 5.92 Å². The van der Waals surface area contributed by atoms with Crippen molar-refractivity contribution in [3.63, 3.8) is 0 Å². The van der Waals surface area contributed by atoms with E-state index in [1.54, 1.807) is 0 Å². The van der Waals surface area contributed by atoms with Crippen molar-refractivity contribution in [2.75, 3.05) is 13.1 Å². The van der Waals surface area contributed by atoms with E-state index in [4.69, 9.17) is 0 Å². The van der Waals surface area contributed by atoms with Crippen LogP contribution in [0.3, 0.4) is 0 Å². The molecule has 1 amide bonds. The maximum Gasteiger partial charge on any atom is 0.226 e. The predicted molar refractivity (Wildman–Crippen MR) is 73.6 cm³/mol. The third kappa shape index (κ3) is 2.72. The number of hydrogen-bond acceptors (Lipinski definition) is 2. The van der Waals surface area contributed by atoms with Gasteiger partial charge in [0, 0.05) is 31.4 Å². The van der Waals surface area contributed by atoms with Gasteiger partial charge in [0.15, 0.2) is 0 Å². The van der Waals surface area contributed by atoms with Crippen LogP contribution < -0.4 is 0 Å². The average molecular weight is 259 g/mol. The Morgan fingerprint density at radius 1 is 1.26 bits per heavy atom. The van der Waals surface area contributed by atoms with Crippen LogP contribution in [0.1, 0.15) is 38.1 Å². The number of likely N-dealkylation sites (tertiary alicyclic amines) is 1. The molecule has 2 atom stereocenters. The van der Waals surface area contributed by atoms with Crippen LogP contribution in [-0.4, -0.2) is 33.7 Å². The lowest BCUT2D eigenvalue weighted by Gasteiger charge is -2.35. The summed E-state index contributed by atoms with van der Waals surface area (Å²) in [5, 5.41) is 4.31. The fraction of sp³-hybridized carbons (Fsp3) is 0.600. The third-order valence-electron chi connectivity index (χ3n) is 4.23. The molecular weight excluding hydrogens is 238 g/mol. The van der Waals surface area contributed by atoms with Crippen LogP contribution in [0, 0.1) is 5.92 Å². The van der Waals surface area contributed by atoms with E-state index in [0.717, 1.165) is 45.2 Å². The summed E-state index contributed by atoms with van der Waals surface area (Å²) in [6.07, 6.45) is 13.3. The molecule has 0 radical (unpaired) electrons. The molecular formula is C15H21N3O. The molecule has 1 aromatic heterocycles. The second kappa shape index (κ2) is 5.59. The van der Waals surface area contributed by atoms with Gasteiger partial charge >= 0.3 is 0 Å². The molecule has 1 aromatic rings. The highest BCUT2D eigenvalue weighted by atomic mass is 16.2. The first kappa shape index (κ1) is 12.5. The Morgan fingerprint density at radius 2 is 2.21 bits per heavy atom. The normalized spacial score (nSPS) is 27.5. The van der Waals surface area contributed by atoms with E-state index in [2.05, 4.69) is 22.2 Å². The van der Waals surface area contributed by atoms with Gasteiger partial charge in [-0.3, -0.25) is 9.48 Å². The molecule has 2 aliphatic rings. The molecule has 0 spiro atoms. The summed E-state index contributed by atoms with van der Waals surface area (Å²) in [6, 6.07) is 2.30. The Hall–Kier alpha value is -1.58. The highest BCUT2D eigenvalue weighted by molar-refractivity contribution is 5.79. The van der Waals surface area contributed by atoms with Gasteiger partial charge in [-0.1, -0.05) is 12.2 Å². The van der Waals surface area contributed by atoms with Gasteiger partial charge in [0.25, 0.3) is 0 Å². The van der Waals surface area contributed by atoms with Crippen LogP contribution in [-0.2, 0) is 4.79 Å². The van der Waals surface area contributed by atoms with Crippen LogP contribution in [0.25, 0.3) is 0 Å². The highest BCUT2D eigenvalue weighted by Crippen LogP contribution is 2.25. The number of nitrogens with zero attached hydrogens (tertiary/aromatic N) is 3. The number of carbonyl (C=O) groups excluding carboxylic acids is 1. The lowest BCUT2D eigenvalue weighted by atomic mass is 9.92. The van der Waals surface area contributed by atoms with E-state index in [9.17, 15) is 4.79 Å². The van der Waals surface area contributed by atoms with Gasteiger partial charge in [0.05, 0.1) is 6.04 Å². The summed E-state index contributed by atoms with van der Waals surface area (Å²) < 4.78 is 2.00. The van der Waals surface area contributed by atoms with Gasteiger partial charge in [-0.15, -0.1) is 0 Å². The molecule has 2 unspecified atom stereocenters. The smallest absolute Gasteiger partial charge is 0.226 e. The van der Waals surface area contributed by atoms with Crippen molar-refractivity contribution in [3.05, 3.63) is 30.6 Å². The molecule has 3 rings (SSSR count). The lowest BCUT2D eigenvalue weighted by molar-refractivity contribution is -0.137. The van der Waals surface area contributed by atoms with Gasteiger partial charge < -0.3 is 4.90 Å². The van der Waals surface area contributed by atoms with E-state index in [1.165, 1.54) is 0 Å². The average Bonchev–Trinajstić information content (AvgIpc) is 3.02. The summed E-state index contributed by atoms with van der Waals surface area (Å²) in [5.74, 6) is 0.558. The Morgan fingerprint density at radius 3 is 2.95 bits per heavy atom. The number of carbonyl (C=O) groups is 1. The maximum atomic E-state index is 12.5. The molecule has 0 aromatic carbocycles. The van der Waals surface area contributed by atoms with Crippen molar-refractivity contribution in [2.45, 2.75) is 38.1 Å². The Labute approximate surface area is 114 Å². The minimum absolute atomic E-state index is 0.210. The zero-order valence-electron chi connectivity index (χ0n) is 11.2. The second-order valence-electron chi connectivity index (χ2n) is 5.55. The van der Waals surface area contributed by atoms with Crippen molar-refractivity contribution in [1.29, 1.82) is 0 Å². The summed E-state index contributed by atoms with van der Waals surface area (Å²) in [5.41, 5.74) is 0. The number of piperidine rings is 1. The number of rotatable bonds is 2. The van der Waals surface area contributed by atoms with Crippen molar-refractivity contribution in [1.82, 2.24) is 14.7 Å². The van der Waals surface area contributed by atoms with E-state index >= 15 is 0 Å². The number of aromatic nitrogens is 2. The van der Waals surface area contributed by atoms with Crippen LogP contribution >= 0.6 is 0 Å². The van der Waals surface area contributed by atoms with Crippen LogP contribution in [0.2, 0.25) is 0 Å². The molecule has 1 fully saturated rings. The fourth-order valence-electron chi connectivity index (χ4n) is 3.14. The van der Waals surface area contributed by atoms with Crippen LogP contribution in [0.4, 0.5) is 0 Å². The molecule has 1 aliphatic heterocycles. The van der Waals surface area contributed by atoms with Gasteiger partial charge in [0.2, 0.25) is 5.91 Å². The summed E-state index contributed by atoms with van der Waals surface area (Å²) in [4.78, 5) is 14.6. The van der Waals surface area contributed by atoms with E-state index in [-0.39, 0.29) is 5.92 Å². The second-order valence-corrected chi connectivity index (χ2v) is 5.55. The molecule has 0 saturated carbocycles. The molecule has 0 bridgehead atoms. The van der Waals surface area contributed by atoms with Gasteiger partial charge in [0.1, 0.15) is 0 Å². The molecule has 19 heavy (non-hydrogen) atoms. The SMILES string of the molecule is O=C(C1CC=CCC1)N1CCCC(n2cccn2)C1. The predicted octanol–water partition coefficient (Wildman–Crippen LogP) is 2.40. The monoisotopic (exact) mass is 259 g/mol. The topological polar surface area (TPSA) is 38.1 Å². The van der Waals surface area contributed by atoms with Crippen molar-refractivity contribution >= 4 is 5.91 Å². The number of amides is 1. The molecule has 1 saturated heterocycles. The highest BCUT2D eigenvalue weighted by Gasteiger charge is 2.29. The standard InChI is InChI=1S/C15H21N3O/c19-15(13-6-2-1-3-7-13)17-10-4-8-14(12-17)18-11-5-9-16-18/h1-2,5,9,11,13-14H,3-4,6-8,10,12H2. The first-order chi connectivity index (χ1) is 9.34. The van der Waals surface area contributed by atoms with Crippen molar-refractivity contribution < 1.29 is 4.79 Å². The summed E-state index contributed by atoms with van der Waals surface area (Å²) in [7, 11) is 0. The van der Waals surface area contributed by atoms with Gasteiger partial charge in [-0.05, 0) is 38.2 Å². The first-order valence-corrected chi connectivity index (χ1v) is 7.27. The van der Waals surface area contributed by atoms with E-state index in [0.29, 0.717) is 11.9 Å². The van der Waals surface area contributed by atoms with Crippen LogP contribution in [0.15, 0.2) is 30.6 Å². The lowest BCUT2D eigenvalue weighted by Crippen LogP contribution is -2.43. The molecule has 102 valence electrons. The zero-order valence-corrected chi connectivity index (χ0v) is 11.2. The quantitative estimate of drug-likeness (QED) is 0.765. The van der Waals surface area contributed by atoms with E-state index in [1.807, 2.05) is 23.1 Å².